The molecule has 1 heterocycles. The summed E-state index contributed by atoms with van der Waals surface area (Å²) in [5, 5.41) is 15.2. The second kappa shape index (κ2) is 8.00. The first-order valence-corrected chi connectivity index (χ1v) is 9.89. The van der Waals surface area contributed by atoms with Crippen molar-refractivity contribution in [2.24, 2.45) is 0 Å². The predicted molar refractivity (Wildman–Crippen MR) is 114 cm³/mol. The van der Waals surface area contributed by atoms with Gasteiger partial charge in [0.15, 0.2) is 5.60 Å². The number of aliphatic hydroxyl groups is 1. The Morgan fingerprint density at radius 2 is 1.65 bits per heavy atom. The number of halogens is 2. The van der Waals surface area contributed by atoms with Crippen LogP contribution in [-0.2, 0) is 10.3 Å². The van der Waals surface area contributed by atoms with Crippen LogP contribution in [0.3, 0.4) is 0 Å². The number of hydrogen-bond acceptors (Lipinski definition) is 5. The summed E-state index contributed by atoms with van der Waals surface area (Å²) in [6.07, 6.45) is -0.936. The fourth-order valence-corrected chi connectivity index (χ4v) is 4.16. The number of benzene rings is 3. The van der Waals surface area contributed by atoms with E-state index >= 15 is 0 Å². The van der Waals surface area contributed by atoms with Gasteiger partial charge in [0.2, 0.25) is 0 Å². The zero-order valence-corrected chi connectivity index (χ0v) is 17.1. The van der Waals surface area contributed by atoms with Crippen molar-refractivity contribution in [3.05, 3.63) is 95.1 Å². The smallest absolute Gasteiger partial charge is 0.337 e. The SMILES string of the molecule is CCN1c2cc(C(=O)OC)ccc2NC1C(O)(c1ccccc1F)c1ccccc1F. The zero-order chi connectivity index (χ0) is 22.2. The highest BCUT2D eigenvalue weighted by atomic mass is 19.1. The van der Waals surface area contributed by atoms with Crippen LogP contribution in [0.15, 0.2) is 66.7 Å². The number of nitrogens with one attached hydrogen (secondary N) is 1. The van der Waals surface area contributed by atoms with E-state index in [1.165, 1.54) is 43.5 Å². The van der Waals surface area contributed by atoms with E-state index in [1.807, 2.05) is 6.92 Å². The molecule has 0 fully saturated rings. The molecule has 31 heavy (non-hydrogen) atoms. The maximum absolute atomic E-state index is 14.9. The molecule has 1 unspecified atom stereocenters. The normalized spacial score (nSPS) is 15.4. The summed E-state index contributed by atoms with van der Waals surface area (Å²) >= 11 is 0. The minimum Gasteiger partial charge on any atom is -0.465 e. The lowest BCUT2D eigenvalue weighted by atomic mass is 9.82. The van der Waals surface area contributed by atoms with Crippen LogP contribution in [-0.4, -0.2) is 30.9 Å². The quantitative estimate of drug-likeness (QED) is 0.599. The maximum Gasteiger partial charge on any atom is 0.337 e. The molecule has 0 spiro atoms. The lowest BCUT2D eigenvalue weighted by Gasteiger charge is -2.40. The Labute approximate surface area is 178 Å². The number of hydrogen-bond donors (Lipinski definition) is 2. The average Bonchev–Trinajstić information content (AvgIpc) is 3.17. The summed E-state index contributed by atoms with van der Waals surface area (Å²) in [5.74, 6) is -1.81. The van der Waals surface area contributed by atoms with E-state index in [1.54, 1.807) is 35.2 Å². The summed E-state index contributed by atoms with van der Waals surface area (Å²) in [6, 6.07) is 16.5. The van der Waals surface area contributed by atoms with Crippen LogP contribution in [0, 0.1) is 11.6 Å². The molecule has 0 aromatic heterocycles. The number of anilines is 2. The lowest BCUT2D eigenvalue weighted by molar-refractivity contribution is 0.0524. The molecule has 4 rings (SSSR count). The van der Waals surface area contributed by atoms with Gasteiger partial charge in [-0.1, -0.05) is 36.4 Å². The molecule has 0 saturated carbocycles. The molecule has 0 bridgehead atoms. The molecule has 5 nitrogen and oxygen atoms in total. The van der Waals surface area contributed by atoms with Gasteiger partial charge in [-0.25, -0.2) is 13.6 Å². The highest BCUT2D eigenvalue weighted by Gasteiger charge is 2.49. The Morgan fingerprint density at radius 1 is 1.06 bits per heavy atom. The summed E-state index contributed by atoms with van der Waals surface area (Å²) < 4.78 is 34.7. The second-order valence-electron chi connectivity index (χ2n) is 7.28. The Bertz CT molecular complexity index is 1090. The van der Waals surface area contributed by atoms with Gasteiger partial charge in [-0.15, -0.1) is 0 Å². The Hall–Kier alpha value is -3.45. The predicted octanol–water partition coefficient (Wildman–Crippen LogP) is 4.27. The molecule has 1 atom stereocenters. The van der Waals surface area contributed by atoms with Gasteiger partial charge in [0.05, 0.1) is 24.0 Å². The van der Waals surface area contributed by atoms with Gasteiger partial charge < -0.3 is 20.1 Å². The van der Waals surface area contributed by atoms with E-state index in [0.717, 1.165) is 0 Å². The van der Waals surface area contributed by atoms with Gasteiger partial charge >= 0.3 is 5.97 Å². The Morgan fingerprint density at radius 3 is 2.16 bits per heavy atom. The van der Waals surface area contributed by atoms with Crippen LogP contribution in [0.2, 0.25) is 0 Å². The average molecular weight is 424 g/mol. The van der Waals surface area contributed by atoms with Crippen LogP contribution in [0.5, 0.6) is 0 Å². The van der Waals surface area contributed by atoms with E-state index in [0.29, 0.717) is 23.5 Å². The van der Waals surface area contributed by atoms with Crippen molar-refractivity contribution in [3.8, 4) is 0 Å². The van der Waals surface area contributed by atoms with Gasteiger partial charge in [-0.05, 0) is 37.3 Å². The molecule has 0 saturated heterocycles. The van der Waals surface area contributed by atoms with Crippen LogP contribution < -0.4 is 10.2 Å². The third-order valence-corrected chi connectivity index (χ3v) is 5.64. The van der Waals surface area contributed by atoms with Crippen LogP contribution >= 0.6 is 0 Å². The third-order valence-electron chi connectivity index (χ3n) is 5.64. The summed E-state index contributed by atoms with van der Waals surface area (Å²) in [6.45, 7) is 2.26. The first-order valence-electron chi connectivity index (χ1n) is 9.89. The standard InChI is InChI=1S/C24H22F2N2O3/c1-3-28-21-14-15(22(29)31-2)12-13-20(21)27-23(28)24(30,16-8-4-6-10-18(16)25)17-9-5-7-11-19(17)26/h4-14,23,27,30H,3H2,1-2H3. The summed E-state index contributed by atoms with van der Waals surface area (Å²) in [4.78, 5) is 13.8. The molecular weight excluding hydrogens is 402 g/mol. The number of carbonyl (C=O) groups excluding carboxylic acids is 1. The number of fused-ring (bicyclic) bond motifs is 1. The number of esters is 1. The van der Waals surface area contributed by atoms with Crippen molar-refractivity contribution in [1.82, 2.24) is 0 Å². The third kappa shape index (κ3) is 3.31. The Kier molecular flexibility index (Phi) is 5.37. The van der Waals surface area contributed by atoms with Gasteiger partial charge in [0.1, 0.15) is 17.8 Å². The molecule has 0 aliphatic carbocycles. The summed E-state index contributed by atoms with van der Waals surface area (Å²) in [7, 11) is 1.29. The van der Waals surface area contributed by atoms with E-state index < -0.39 is 29.4 Å². The molecule has 0 amide bonds. The van der Waals surface area contributed by atoms with E-state index in [2.05, 4.69) is 5.32 Å². The van der Waals surface area contributed by atoms with Crippen molar-refractivity contribution >= 4 is 17.3 Å². The largest absolute Gasteiger partial charge is 0.465 e. The van der Waals surface area contributed by atoms with Crippen LogP contribution in [0.25, 0.3) is 0 Å². The minimum atomic E-state index is -2.07. The fraction of sp³-hybridized carbons (Fsp3) is 0.208. The van der Waals surface area contributed by atoms with E-state index in [9.17, 15) is 18.7 Å². The fourth-order valence-electron chi connectivity index (χ4n) is 4.16. The van der Waals surface area contributed by atoms with Gasteiger partial charge in [-0.3, -0.25) is 0 Å². The molecular formula is C24H22F2N2O3. The molecule has 3 aromatic rings. The first-order chi connectivity index (χ1) is 14.9. The molecule has 3 aromatic carbocycles. The van der Waals surface area contributed by atoms with Crippen molar-refractivity contribution in [2.75, 3.05) is 23.9 Å². The number of methoxy groups -OCH3 is 1. The number of likely N-dealkylation sites (N-methyl/N-ethyl adjacent to an activating group) is 1. The molecule has 2 N–H and O–H groups in total. The minimum absolute atomic E-state index is 0.0583. The second-order valence-corrected chi connectivity index (χ2v) is 7.28. The summed E-state index contributed by atoms with van der Waals surface area (Å²) in [5.41, 5.74) is -0.597. The zero-order valence-electron chi connectivity index (χ0n) is 17.1. The first kappa shape index (κ1) is 20.8. The Balaban J connectivity index is 1.91. The number of carbonyl (C=O) groups is 1. The monoisotopic (exact) mass is 424 g/mol. The van der Waals surface area contributed by atoms with Gasteiger partial charge in [0.25, 0.3) is 0 Å². The molecule has 1 aliphatic heterocycles. The van der Waals surface area contributed by atoms with Crippen molar-refractivity contribution in [3.63, 3.8) is 0 Å². The molecule has 1 aliphatic rings. The maximum atomic E-state index is 14.9. The van der Waals surface area contributed by atoms with E-state index in [4.69, 9.17) is 4.74 Å². The highest BCUT2D eigenvalue weighted by molar-refractivity contribution is 5.93. The van der Waals surface area contributed by atoms with E-state index in [-0.39, 0.29) is 11.1 Å². The molecule has 160 valence electrons. The lowest BCUT2D eigenvalue weighted by Crippen LogP contribution is -2.54. The van der Waals surface area contributed by atoms with Crippen LogP contribution in [0.1, 0.15) is 28.4 Å². The highest BCUT2D eigenvalue weighted by Crippen LogP contribution is 2.45. The molecule has 7 heteroatoms. The van der Waals surface area contributed by atoms with Crippen molar-refractivity contribution in [1.29, 1.82) is 0 Å². The topological polar surface area (TPSA) is 61.8 Å². The number of nitrogens with zero attached hydrogens (tertiary/aromatic N) is 1. The number of rotatable bonds is 5. The molecule has 0 radical (unpaired) electrons. The van der Waals surface area contributed by atoms with Crippen LogP contribution in [0.4, 0.5) is 20.2 Å². The van der Waals surface area contributed by atoms with Gasteiger partial charge in [0, 0.05) is 17.7 Å². The van der Waals surface area contributed by atoms with Crippen molar-refractivity contribution in [2.45, 2.75) is 18.7 Å². The number of ether oxygens (including phenoxy) is 1. The van der Waals surface area contributed by atoms with Gasteiger partial charge in [-0.2, -0.15) is 0 Å². The van der Waals surface area contributed by atoms with Crippen molar-refractivity contribution < 1.29 is 23.4 Å².